The summed E-state index contributed by atoms with van der Waals surface area (Å²) in [5.74, 6) is 2.05. The number of aromatic nitrogens is 2. The van der Waals surface area contributed by atoms with Crippen LogP contribution in [0.2, 0.25) is 0 Å². The molecule has 3 rings (SSSR count). The van der Waals surface area contributed by atoms with Crippen LogP contribution < -0.4 is 4.74 Å². The van der Waals surface area contributed by atoms with Crippen LogP contribution in [0.3, 0.4) is 0 Å². The molecule has 2 aromatic carbocycles. The van der Waals surface area contributed by atoms with Gasteiger partial charge in [-0.1, -0.05) is 17.3 Å². The highest BCUT2D eigenvalue weighted by Gasteiger charge is 2.09. The first-order chi connectivity index (χ1) is 10.2. The molecule has 0 saturated heterocycles. The van der Waals surface area contributed by atoms with Crippen molar-refractivity contribution in [3.63, 3.8) is 0 Å². The number of phenolic OH excluding ortho intramolecular Hbond substituents is 1. The number of methoxy groups -OCH3 is 1. The minimum Gasteiger partial charge on any atom is -0.508 e. The lowest BCUT2D eigenvalue weighted by atomic mass is 10.1. The van der Waals surface area contributed by atoms with E-state index in [1.54, 1.807) is 25.3 Å². The molecule has 0 saturated carbocycles. The van der Waals surface area contributed by atoms with Crippen molar-refractivity contribution >= 4 is 0 Å². The van der Waals surface area contributed by atoms with Crippen molar-refractivity contribution in [2.45, 2.75) is 6.42 Å². The van der Waals surface area contributed by atoms with Gasteiger partial charge in [0.05, 0.1) is 13.5 Å². The number of benzene rings is 2. The van der Waals surface area contributed by atoms with Crippen LogP contribution in [0.15, 0.2) is 53.1 Å². The molecule has 1 aromatic heterocycles. The topological polar surface area (TPSA) is 68.4 Å². The predicted octanol–water partition coefficient (Wildman–Crippen LogP) is 3.04. The van der Waals surface area contributed by atoms with Gasteiger partial charge in [-0.3, -0.25) is 0 Å². The third-order valence-electron chi connectivity index (χ3n) is 3.08. The quantitative estimate of drug-likeness (QED) is 0.796. The molecule has 0 amide bonds. The molecule has 106 valence electrons. The van der Waals surface area contributed by atoms with Gasteiger partial charge < -0.3 is 14.4 Å². The molecular weight excluding hydrogens is 268 g/mol. The van der Waals surface area contributed by atoms with Crippen LogP contribution in [0.5, 0.6) is 11.5 Å². The van der Waals surface area contributed by atoms with Crippen molar-refractivity contribution in [3.05, 3.63) is 60.0 Å². The monoisotopic (exact) mass is 282 g/mol. The smallest absolute Gasteiger partial charge is 0.231 e. The Labute approximate surface area is 121 Å². The Morgan fingerprint density at radius 2 is 1.95 bits per heavy atom. The summed E-state index contributed by atoms with van der Waals surface area (Å²) in [5, 5.41) is 13.4. The van der Waals surface area contributed by atoms with E-state index in [-0.39, 0.29) is 5.75 Å². The fourth-order valence-corrected chi connectivity index (χ4v) is 2.03. The van der Waals surface area contributed by atoms with Gasteiger partial charge in [-0.25, -0.2) is 0 Å². The summed E-state index contributed by atoms with van der Waals surface area (Å²) in [7, 11) is 1.62. The second-order valence-electron chi connectivity index (χ2n) is 4.59. The van der Waals surface area contributed by atoms with Gasteiger partial charge in [-0.15, -0.1) is 0 Å². The van der Waals surface area contributed by atoms with E-state index in [1.807, 2.05) is 30.3 Å². The summed E-state index contributed by atoms with van der Waals surface area (Å²) in [6.45, 7) is 0. The molecule has 5 nitrogen and oxygen atoms in total. The minimum absolute atomic E-state index is 0.224. The van der Waals surface area contributed by atoms with Gasteiger partial charge in [-0.2, -0.15) is 4.98 Å². The van der Waals surface area contributed by atoms with E-state index < -0.39 is 0 Å². The molecule has 1 heterocycles. The van der Waals surface area contributed by atoms with Crippen molar-refractivity contribution in [2.75, 3.05) is 7.11 Å². The third-order valence-corrected chi connectivity index (χ3v) is 3.08. The van der Waals surface area contributed by atoms with E-state index in [4.69, 9.17) is 9.26 Å². The number of ether oxygens (including phenoxy) is 1. The molecule has 0 fully saturated rings. The number of nitrogens with zero attached hydrogens (tertiary/aromatic N) is 2. The number of hydrogen-bond acceptors (Lipinski definition) is 5. The summed E-state index contributed by atoms with van der Waals surface area (Å²) in [6.07, 6.45) is 0.484. The second kappa shape index (κ2) is 5.66. The van der Waals surface area contributed by atoms with Gasteiger partial charge in [0.1, 0.15) is 11.5 Å². The van der Waals surface area contributed by atoms with Crippen LogP contribution in [-0.4, -0.2) is 22.4 Å². The number of aromatic hydroxyl groups is 1. The Morgan fingerprint density at radius 1 is 1.14 bits per heavy atom. The lowest BCUT2D eigenvalue weighted by molar-refractivity contribution is 0.385. The third kappa shape index (κ3) is 3.02. The molecule has 0 aliphatic rings. The van der Waals surface area contributed by atoms with Gasteiger partial charge in [-0.05, 0) is 42.0 Å². The fraction of sp³-hybridized carbons (Fsp3) is 0.125. The lowest BCUT2D eigenvalue weighted by Gasteiger charge is -1.99. The largest absolute Gasteiger partial charge is 0.508 e. The zero-order valence-corrected chi connectivity index (χ0v) is 11.5. The standard InChI is InChI=1S/C16H14N2O3/c1-20-14-7-5-12(6-8-14)16-17-15(21-18-16)10-11-3-2-4-13(19)9-11/h2-9,19H,10H2,1H3. The molecule has 0 aliphatic carbocycles. The van der Waals surface area contributed by atoms with Gasteiger partial charge in [0.2, 0.25) is 11.7 Å². The molecule has 0 aliphatic heterocycles. The highest BCUT2D eigenvalue weighted by molar-refractivity contribution is 5.55. The Morgan fingerprint density at radius 3 is 2.67 bits per heavy atom. The van der Waals surface area contributed by atoms with E-state index in [1.165, 1.54) is 0 Å². The molecule has 3 aromatic rings. The molecule has 0 unspecified atom stereocenters. The maximum atomic E-state index is 9.45. The first-order valence-corrected chi connectivity index (χ1v) is 6.49. The van der Waals surface area contributed by atoms with Crippen LogP contribution in [-0.2, 0) is 6.42 Å². The summed E-state index contributed by atoms with van der Waals surface area (Å²) in [6, 6.07) is 14.4. The normalized spacial score (nSPS) is 10.5. The lowest BCUT2D eigenvalue weighted by Crippen LogP contribution is -1.88. The predicted molar refractivity (Wildman–Crippen MR) is 77.2 cm³/mol. The summed E-state index contributed by atoms with van der Waals surface area (Å²) in [5.41, 5.74) is 1.78. The SMILES string of the molecule is COc1ccc(-c2noc(Cc3cccc(O)c3)n2)cc1. The van der Waals surface area contributed by atoms with Crippen molar-refractivity contribution in [2.24, 2.45) is 0 Å². The Bertz CT molecular complexity index is 735. The number of rotatable bonds is 4. The molecule has 5 heteroatoms. The van der Waals surface area contributed by atoms with E-state index in [2.05, 4.69) is 10.1 Å². The molecule has 0 atom stereocenters. The van der Waals surface area contributed by atoms with Crippen LogP contribution in [0.1, 0.15) is 11.5 Å². The minimum atomic E-state index is 0.224. The fourth-order valence-electron chi connectivity index (χ4n) is 2.03. The molecule has 0 radical (unpaired) electrons. The van der Waals surface area contributed by atoms with Crippen molar-refractivity contribution < 1.29 is 14.4 Å². The summed E-state index contributed by atoms with van der Waals surface area (Å²) >= 11 is 0. The Hall–Kier alpha value is -2.82. The maximum absolute atomic E-state index is 9.45. The highest BCUT2D eigenvalue weighted by Crippen LogP contribution is 2.21. The van der Waals surface area contributed by atoms with E-state index in [0.29, 0.717) is 18.1 Å². The zero-order chi connectivity index (χ0) is 14.7. The maximum Gasteiger partial charge on any atom is 0.231 e. The van der Waals surface area contributed by atoms with E-state index in [9.17, 15) is 5.11 Å². The van der Waals surface area contributed by atoms with Gasteiger partial charge >= 0.3 is 0 Å². The molecular formula is C16H14N2O3. The van der Waals surface area contributed by atoms with Gasteiger partial charge in [0, 0.05) is 5.56 Å². The summed E-state index contributed by atoms with van der Waals surface area (Å²) in [4.78, 5) is 4.36. The zero-order valence-electron chi connectivity index (χ0n) is 11.5. The second-order valence-corrected chi connectivity index (χ2v) is 4.59. The van der Waals surface area contributed by atoms with Crippen LogP contribution in [0.25, 0.3) is 11.4 Å². The van der Waals surface area contributed by atoms with Crippen molar-refractivity contribution in [3.8, 4) is 22.9 Å². The number of hydrogen-bond donors (Lipinski definition) is 1. The van der Waals surface area contributed by atoms with Gasteiger partial charge in [0.15, 0.2) is 0 Å². The summed E-state index contributed by atoms with van der Waals surface area (Å²) < 4.78 is 10.4. The van der Waals surface area contributed by atoms with E-state index in [0.717, 1.165) is 16.9 Å². The Kier molecular flexibility index (Phi) is 3.55. The number of phenols is 1. The van der Waals surface area contributed by atoms with Gasteiger partial charge in [0.25, 0.3) is 0 Å². The molecule has 21 heavy (non-hydrogen) atoms. The van der Waals surface area contributed by atoms with Crippen molar-refractivity contribution in [1.82, 2.24) is 10.1 Å². The Balaban J connectivity index is 1.79. The van der Waals surface area contributed by atoms with Crippen LogP contribution in [0, 0.1) is 0 Å². The van der Waals surface area contributed by atoms with Crippen LogP contribution >= 0.6 is 0 Å². The van der Waals surface area contributed by atoms with Crippen LogP contribution in [0.4, 0.5) is 0 Å². The van der Waals surface area contributed by atoms with E-state index >= 15 is 0 Å². The molecule has 1 N–H and O–H groups in total. The average Bonchev–Trinajstić information content (AvgIpc) is 2.96. The average molecular weight is 282 g/mol. The molecule has 0 bridgehead atoms. The first kappa shape index (κ1) is 13.2. The first-order valence-electron chi connectivity index (χ1n) is 6.49. The van der Waals surface area contributed by atoms with Crippen molar-refractivity contribution in [1.29, 1.82) is 0 Å². The highest BCUT2D eigenvalue weighted by atomic mass is 16.5. The molecule has 0 spiro atoms.